The highest BCUT2D eigenvalue weighted by atomic mass is 28.4. The van der Waals surface area contributed by atoms with Gasteiger partial charge in [0.1, 0.15) is 17.5 Å². The maximum atomic E-state index is 15.7. The van der Waals surface area contributed by atoms with Gasteiger partial charge in [-0.3, -0.25) is 9.69 Å². The molecule has 5 rings (SSSR count). The van der Waals surface area contributed by atoms with Crippen molar-refractivity contribution in [3.8, 4) is 22.9 Å². The van der Waals surface area contributed by atoms with Crippen LogP contribution in [0.15, 0.2) is 48.9 Å². The SMILES string of the molecule is CC(C)(C)OC(=O)CN1CCC(Oc2cccc(Nc3cc(-c4cnc(N5CC(O[Si](C)(C)C(C)(C)C)CC5CC#N)nc4)ccn3)c2F)CC1. The molecule has 2 atom stereocenters. The van der Waals surface area contributed by atoms with Crippen molar-refractivity contribution < 1.29 is 23.1 Å². The van der Waals surface area contributed by atoms with Crippen LogP contribution in [-0.4, -0.2) is 84.2 Å². The van der Waals surface area contributed by atoms with Crippen LogP contribution in [0.2, 0.25) is 18.1 Å². The van der Waals surface area contributed by atoms with Gasteiger partial charge in [0.2, 0.25) is 5.95 Å². The highest BCUT2D eigenvalue weighted by molar-refractivity contribution is 6.74. The summed E-state index contributed by atoms with van der Waals surface area (Å²) in [7, 11) is -1.98. The zero-order valence-corrected chi connectivity index (χ0v) is 32.2. The fraction of sp³-hybridized carbons (Fsp3) is 0.553. The Hall–Kier alpha value is -4.12. The molecule has 0 amide bonds. The van der Waals surface area contributed by atoms with E-state index < -0.39 is 19.7 Å². The normalized spacial score (nSPS) is 19.1. The largest absolute Gasteiger partial charge is 0.487 e. The molecule has 0 saturated carbocycles. The molecular formula is C38H52FN7O4Si. The number of ether oxygens (including phenoxy) is 2. The molecule has 0 aliphatic carbocycles. The standard InChI is InChI=1S/C38H52FN7O4Si/c1-37(2,3)49-34(47)25-45-18-14-29(15-19-45)48-32-11-9-10-31(35(32)39)44-33-20-26(13-17-41-33)27-22-42-36(43-23-27)46-24-30(21-28(46)12-16-40)50-51(7,8)38(4,5)6/h9-11,13,17,20,22-23,28-30H,12,14-15,18-19,21,24-25H2,1-8H3,(H,41,44). The topological polar surface area (TPSA) is 126 Å². The summed E-state index contributed by atoms with van der Waals surface area (Å²) in [6, 6.07) is 11.0. The number of nitriles is 1. The van der Waals surface area contributed by atoms with Gasteiger partial charge in [-0.25, -0.2) is 19.3 Å². The van der Waals surface area contributed by atoms with E-state index in [1.54, 1.807) is 36.8 Å². The summed E-state index contributed by atoms with van der Waals surface area (Å²) in [6.07, 6.45) is 7.53. The number of hydrogen-bond acceptors (Lipinski definition) is 11. The number of rotatable bonds is 11. The molecule has 1 N–H and O–H groups in total. The number of esters is 1. The number of nitrogens with one attached hydrogen (secondary N) is 1. The summed E-state index contributed by atoms with van der Waals surface area (Å²) in [4.78, 5) is 30.2. The van der Waals surface area contributed by atoms with E-state index >= 15 is 4.39 Å². The zero-order valence-electron chi connectivity index (χ0n) is 31.2. The number of pyridine rings is 1. The molecule has 1 aromatic carbocycles. The van der Waals surface area contributed by atoms with Crippen LogP contribution in [0, 0.1) is 17.1 Å². The monoisotopic (exact) mass is 717 g/mol. The lowest BCUT2D eigenvalue weighted by Crippen LogP contribution is -2.44. The first-order valence-corrected chi connectivity index (χ1v) is 20.7. The quantitative estimate of drug-likeness (QED) is 0.157. The van der Waals surface area contributed by atoms with Crippen molar-refractivity contribution in [2.24, 2.45) is 0 Å². The number of carbonyl (C=O) groups excluding carboxylic acids is 1. The highest BCUT2D eigenvalue weighted by Crippen LogP contribution is 2.39. The zero-order chi connectivity index (χ0) is 37.0. The van der Waals surface area contributed by atoms with Gasteiger partial charge in [-0.05, 0) is 88.0 Å². The van der Waals surface area contributed by atoms with E-state index in [1.807, 2.05) is 37.8 Å². The molecular weight excluding hydrogens is 666 g/mol. The van der Waals surface area contributed by atoms with E-state index in [0.29, 0.717) is 50.7 Å². The second kappa shape index (κ2) is 15.6. The number of piperidine rings is 1. The van der Waals surface area contributed by atoms with E-state index in [0.717, 1.165) is 17.5 Å². The Labute approximate surface area is 302 Å². The van der Waals surface area contributed by atoms with Crippen LogP contribution >= 0.6 is 0 Å². The molecule has 2 saturated heterocycles. The fourth-order valence-corrected chi connectivity index (χ4v) is 7.51. The Morgan fingerprint density at radius 2 is 1.75 bits per heavy atom. The minimum atomic E-state index is -1.98. The summed E-state index contributed by atoms with van der Waals surface area (Å²) >= 11 is 0. The Bertz CT molecular complexity index is 1700. The predicted octanol–water partition coefficient (Wildman–Crippen LogP) is 7.49. The van der Waals surface area contributed by atoms with Gasteiger partial charge in [-0.1, -0.05) is 26.8 Å². The third kappa shape index (κ3) is 10.0. The number of carbonyl (C=O) groups is 1. The second-order valence-corrected chi connectivity index (χ2v) is 20.8. The third-order valence-corrected chi connectivity index (χ3v) is 14.3. The summed E-state index contributed by atoms with van der Waals surface area (Å²) in [5, 5.41) is 12.7. The summed E-state index contributed by atoms with van der Waals surface area (Å²) < 4.78 is 33.9. The number of benzene rings is 1. The molecule has 11 nitrogen and oxygen atoms in total. The molecule has 2 aromatic heterocycles. The molecule has 2 fully saturated rings. The average molecular weight is 718 g/mol. The maximum Gasteiger partial charge on any atom is 0.320 e. The lowest BCUT2D eigenvalue weighted by molar-refractivity contribution is -0.156. The van der Waals surface area contributed by atoms with E-state index in [2.05, 4.69) is 55.1 Å². The second-order valence-electron chi connectivity index (χ2n) is 16.0. The lowest BCUT2D eigenvalue weighted by atomic mass is 10.1. The minimum absolute atomic E-state index is 0.0149. The van der Waals surface area contributed by atoms with Crippen LogP contribution in [0.4, 0.5) is 21.8 Å². The Balaban J connectivity index is 1.20. The predicted molar refractivity (Wildman–Crippen MR) is 199 cm³/mol. The summed E-state index contributed by atoms with van der Waals surface area (Å²) in [5.41, 5.74) is 1.33. The molecule has 4 heterocycles. The van der Waals surface area contributed by atoms with E-state index in [1.165, 1.54) is 0 Å². The number of anilines is 3. The van der Waals surface area contributed by atoms with Crippen molar-refractivity contribution in [2.75, 3.05) is 36.4 Å². The molecule has 2 unspecified atom stereocenters. The summed E-state index contributed by atoms with van der Waals surface area (Å²) in [5.74, 6) is 0.450. The Kier molecular flexibility index (Phi) is 11.7. The molecule has 51 heavy (non-hydrogen) atoms. The first-order valence-electron chi connectivity index (χ1n) is 17.8. The molecule has 0 bridgehead atoms. The van der Waals surface area contributed by atoms with Crippen LogP contribution in [0.3, 0.4) is 0 Å². The number of aromatic nitrogens is 3. The van der Waals surface area contributed by atoms with Crippen LogP contribution in [0.1, 0.15) is 67.2 Å². The highest BCUT2D eigenvalue weighted by Gasteiger charge is 2.43. The molecule has 0 spiro atoms. The first kappa shape index (κ1) is 38.1. The first-order chi connectivity index (χ1) is 24.0. The minimum Gasteiger partial charge on any atom is -0.487 e. The third-order valence-electron chi connectivity index (χ3n) is 9.79. The van der Waals surface area contributed by atoms with E-state index in [9.17, 15) is 10.1 Å². The van der Waals surface area contributed by atoms with Gasteiger partial charge in [-0.15, -0.1) is 0 Å². The molecule has 2 aliphatic heterocycles. The van der Waals surface area contributed by atoms with E-state index in [4.69, 9.17) is 23.9 Å². The maximum absolute atomic E-state index is 15.7. The number of likely N-dealkylation sites (tertiary alicyclic amines) is 1. The van der Waals surface area contributed by atoms with E-state index in [-0.39, 0.29) is 47.2 Å². The average Bonchev–Trinajstić information content (AvgIpc) is 3.44. The molecule has 3 aromatic rings. The van der Waals surface area contributed by atoms with Crippen LogP contribution in [-0.2, 0) is 14.0 Å². The van der Waals surface area contributed by atoms with Crippen molar-refractivity contribution in [1.82, 2.24) is 19.9 Å². The van der Waals surface area contributed by atoms with Gasteiger partial charge in [0.05, 0.1) is 30.8 Å². The smallest absolute Gasteiger partial charge is 0.320 e. The van der Waals surface area contributed by atoms with Gasteiger partial charge < -0.3 is 24.1 Å². The molecule has 13 heteroatoms. The van der Waals surface area contributed by atoms with Gasteiger partial charge >= 0.3 is 5.97 Å². The van der Waals surface area contributed by atoms with Crippen molar-refractivity contribution in [3.63, 3.8) is 0 Å². The Morgan fingerprint density at radius 1 is 1.04 bits per heavy atom. The fourth-order valence-electron chi connectivity index (χ4n) is 6.15. The lowest BCUT2D eigenvalue weighted by Gasteiger charge is -2.38. The van der Waals surface area contributed by atoms with Crippen LogP contribution < -0.4 is 15.0 Å². The number of nitrogens with zero attached hydrogens (tertiary/aromatic N) is 6. The molecule has 274 valence electrons. The Morgan fingerprint density at radius 3 is 2.39 bits per heavy atom. The van der Waals surface area contributed by atoms with Crippen molar-refractivity contribution >= 4 is 31.7 Å². The van der Waals surface area contributed by atoms with Crippen molar-refractivity contribution in [3.05, 3.63) is 54.7 Å². The number of hydrogen-bond donors (Lipinski definition) is 1. The van der Waals surface area contributed by atoms with Crippen molar-refractivity contribution in [1.29, 1.82) is 5.26 Å². The van der Waals surface area contributed by atoms with Crippen LogP contribution in [0.25, 0.3) is 11.1 Å². The molecule has 0 radical (unpaired) electrons. The molecule has 2 aliphatic rings. The number of halogens is 1. The van der Waals surface area contributed by atoms with Gasteiger partial charge in [0, 0.05) is 49.8 Å². The van der Waals surface area contributed by atoms with Gasteiger partial charge in [0.15, 0.2) is 19.9 Å². The van der Waals surface area contributed by atoms with Gasteiger partial charge in [0.25, 0.3) is 0 Å². The van der Waals surface area contributed by atoms with Crippen LogP contribution in [0.5, 0.6) is 5.75 Å². The van der Waals surface area contributed by atoms with Gasteiger partial charge in [-0.2, -0.15) is 5.26 Å². The van der Waals surface area contributed by atoms with Crippen molar-refractivity contribution in [2.45, 2.75) is 109 Å². The summed E-state index contributed by atoms with van der Waals surface area (Å²) in [6.45, 7) is 18.9.